The van der Waals surface area contributed by atoms with Gasteiger partial charge in [0.05, 0.1) is 0 Å². The van der Waals surface area contributed by atoms with E-state index < -0.39 is 0 Å². The van der Waals surface area contributed by atoms with Crippen LogP contribution in [0.3, 0.4) is 0 Å². The first-order valence-corrected chi connectivity index (χ1v) is 4.43. The first-order valence-electron chi connectivity index (χ1n) is 3.64. The van der Waals surface area contributed by atoms with E-state index in [1.54, 1.807) is 12.4 Å². The van der Waals surface area contributed by atoms with E-state index in [1.165, 1.54) is 0 Å². The highest BCUT2D eigenvalue weighted by Gasteiger charge is 1.92. The second-order valence-corrected chi connectivity index (χ2v) is 3.53. The Balaban J connectivity index is 2.82. The van der Waals surface area contributed by atoms with E-state index in [0.29, 0.717) is 0 Å². The number of aromatic nitrogens is 1. The van der Waals surface area contributed by atoms with Gasteiger partial charge in [0, 0.05) is 31.0 Å². The van der Waals surface area contributed by atoms with Gasteiger partial charge in [-0.15, -0.1) is 0 Å². The van der Waals surface area contributed by atoms with Gasteiger partial charge in [-0.1, -0.05) is 0 Å². The zero-order valence-electron chi connectivity index (χ0n) is 7.16. The molecular weight excluding hydrogens is 216 g/mol. The lowest BCUT2D eigenvalue weighted by Crippen LogP contribution is -1.99. The van der Waals surface area contributed by atoms with Crippen LogP contribution in [0.15, 0.2) is 29.1 Å². The summed E-state index contributed by atoms with van der Waals surface area (Å²) in [4.78, 5) is 5.97. The molecule has 0 aliphatic rings. The largest absolute Gasteiger partial charge is 0.383 e. The molecule has 0 aromatic carbocycles. The first-order chi connectivity index (χ1) is 5.70. The van der Waals surface area contributed by atoms with Gasteiger partial charge >= 0.3 is 0 Å². The van der Waals surface area contributed by atoms with Crippen LogP contribution in [0.5, 0.6) is 0 Å². The van der Waals surface area contributed by atoms with Crippen LogP contribution < -0.4 is 0 Å². The molecule has 1 aromatic rings. The normalized spacial score (nSPS) is 10.6. The molecule has 0 saturated carbocycles. The molecule has 0 unspecified atom stereocenters. The monoisotopic (exact) mass is 226 g/mol. The SMILES string of the molecule is CN(C)/C=C/c1ccncc1Br. The summed E-state index contributed by atoms with van der Waals surface area (Å²) in [6.07, 6.45) is 7.60. The third-order valence-electron chi connectivity index (χ3n) is 1.36. The van der Waals surface area contributed by atoms with Gasteiger partial charge in [0.2, 0.25) is 0 Å². The predicted octanol–water partition coefficient (Wildman–Crippen LogP) is 2.38. The summed E-state index contributed by atoms with van der Waals surface area (Å²) >= 11 is 3.41. The Morgan fingerprint density at radius 3 is 2.83 bits per heavy atom. The Labute approximate surface area is 81.0 Å². The van der Waals surface area contributed by atoms with Crippen LogP contribution in [-0.4, -0.2) is 24.0 Å². The zero-order valence-corrected chi connectivity index (χ0v) is 8.75. The number of hydrogen-bond acceptors (Lipinski definition) is 2. The summed E-state index contributed by atoms with van der Waals surface area (Å²) < 4.78 is 1.02. The molecule has 12 heavy (non-hydrogen) atoms. The standard InChI is InChI=1S/C9H11BrN2/c1-12(2)6-4-8-3-5-11-7-9(8)10/h3-7H,1-2H3/b6-4+. The summed E-state index contributed by atoms with van der Waals surface area (Å²) in [5, 5.41) is 0. The Morgan fingerprint density at radius 1 is 1.50 bits per heavy atom. The van der Waals surface area contributed by atoms with Gasteiger partial charge in [-0.2, -0.15) is 0 Å². The fourth-order valence-electron chi connectivity index (χ4n) is 0.750. The third kappa shape index (κ3) is 2.66. The van der Waals surface area contributed by atoms with Crippen LogP contribution >= 0.6 is 15.9 Å². The molecule has 0 saturated heterocycles. The van der Waals surface area contributed by atoms with Gasteiger partial charge in [0.15, 0.2) is 0 Å². The molecule has 0 spiro atoms. The zero-order chi connectivity index (χ0) is 8.97. The number of hydrogen-bond donors (Lipinski definition) is 0. The van der Waals surface area contributed by atoms with Crippen LogP contribution in [0.1, 0.15) is 5.56 Å². The maximum atomic E-state index is 3.98. The fourth-order valence-corrected chi connectivity index (χ4v) is 1.13. The van der Waals surface area contributed by atoms with Crippen LogP contribution in [0.4, 0.5) is 0 Å². The van der Waals surface area contributed by atoms with Gasteiger partial charge < -0.3 is 4.90 Å². The first kappa shape index (κ1) is 9.26. The number of rotatable bonds is 2. The summed E-state index contributed by atoms with van der Waals surface area (Å²) in [5.41, 5.74) is 1.14. The lowest BCUT2D eigenvalue weighted by Gasteiger charge is -2.03. The molecule has 0 atom stereocenters. The van der Waals surface area contributed by atoms with Crippen molar-refractivity contribution in [3.63, 3.8) is 0 Å². The summed E-state index contributed by atoms with van der Waals surface area (Å²) in [5.74, 6) is 0. The van der Waals surface area contributed by atoms with Crippen molar-refractivity contribution >= 4 is 22.0 Å². The van der Waals surface area contributed by atoms with Gasteiger partial charge in [-0.25, -0.2) is 0 Å². The minimum Gasteiger partial charge on any atom is -0.383 e. The van der Waals surface area contributed by atoms with Crippen molar-refractivity contribution in [2.75, 3.05) is 14.1 Å². The molecule has 0 bridgehead atoms. The van der Waals surface area contributed by atoms with E-state index in [2.05, 4.69) is 20.9 Å². The molecule has 0 amide bonds. The average Bonchev–Trinajstić information content (AvgIpc) is 2.03. The average molecular weight is 227 g/mol. The van der Waals surface area contributed by atoms with E-state index in [4.69, 9.17) is 0 Å². The number of halogens is 1. The molecule has 1 heterocycles. The molecule has 0 fully saturated rings. The Bertz CT molecular complexity index is 282. The highest BCUT2D eigenvalue weighted by molar-refractivity contribution is 9.10. The molecule has 0 aliphatic heterocycles. The molecule has 1 aromatic heterocycles. The van der Waals surface area contributed by atoms with Crippen LogP contribution in [-0.2, 0) is 0 Å². The highest BCUT2D eigenvalue weighted by Crippen LogP contribution is 2.15. The molecule has 0 radical (unpaired) electrons. The van der Waals surface area contributed by atoms with E-state index in [1.807, 2.05) is 37.3 Å². The molecular formula is C9H11BrN2. The summed E-state index contributed by atoms with van der Waals surface area (Å²) in [7, 11) is 3.98. The third-order valence-corrected chi connectivity index (χ3v) is 2.02. The number of nitrogens with zero attached hydrogens (tertiary/aromatic N) is 2. The van der Waals surface area contributed by atoms with Gasteiger partial charge in [-0.3, -0.25) is 4.98 Å². The molecule has 3 heteroatoms. The smallest absolute Gasteiger partial charge is 0.0431 e. The second-order valence-electron chi connectivity index (χ2n) is 2.68. The van der Waals surface area contributed by atoms with Crippen LogP contribution in [0.25, 0.3) is 6.08 Å². The van der Waals surface area contributed by atoms with E-state index in [9.17, 15) is 0 Å². The van der Waals surface area contributed by atoms with Gasteiger partial charge in [0.1, 0.15) is 0 Å². The van der Waals surface area contributed by atoms with Crippen molar-refractivity contribution in [1.82, 2.24) is 9.88 Å². The summed E-state index contributed by atoms with van der Waals surface area (Å²) in [6, 6.07) is 1.96. The van der Waals surface area contributed by atoms with E-state index in [0.717, 1.165) is 10.0 Å². The molecule has 2 nitrogen and oxygen atoms in total. The number of pyridine rings is 1. The molecule has 1 rings (SSSR count). The lowest BCUT2D eigenvalue weighted by atomic mass is 10.3. The van der Waals surface area contributed by atoms with E-state index >= 15 is 0 Å². The maximum absolute atomic E-state index is 3.98. The van der Waals surface area contributed by atoms with Crippen molar-refractivity contribution in [3.05, 3.63) is 34.7 Å². The van der Waals surface area contributed by atoms with Crippen molar-refractivity contribution in [2.24, 2.45) is 0 Å². The van der Waals surface area contributed by atoms with Crippen molar-refractivity contribution in [3.8, 4) is 0 Å². The Hall–Kier alpha value is -0.830. The lowest BCUT2D eigenvalue weighted by molar-refractivity contribution is 0.567. The second kappa shape index (κ2) is 4.26. The molecule has 0 aliphatic carbocycles. The Kier molecular flexibility index (Phi) is 3.29. The van der Waals surface area contributed by atoms with Crippen LogP contribution in [0, 0.1) is 0 Å². The molecule has 64 valence electrons. The Morgan fingerprint density at radius 2 is 2.25 bits per heavy atom. The minimum atomic E-state index is 1.02. The minimum absolute atomic E-state index is 1.02. The van der Waals surface area contributed by atoms with Crippen molar-refractivity contribution < 1.29 is 0 Å². The van der Waals surface area contributed by atoms with Crippen molar-refractivity contribution in [2.45, 2.75) is 0 Å². The predicted molar refractivity (Wildman–Crippen MR) is 54.7 cm³/mol. The topological polar surface area (TPSA) is 16.1 Å². The van der Waals surface area contributed by atoms with Crippen molar-refractivity contribution in [1.29, 1.82) is 0 Å². The van der Waals surface area contributed by atoms with Crippen LogP contribution in [0.2, 0.25) is 0 Å². The van der Waals surface area contributed by atoms with Gasteiger partial charge in [-0.05, 0) is 39.8 Å². The fraction of sp³-hybridized carbons (Fsp3) is 0.222. The highest BCUT2D eigenvalue weighted by atomic mass is 79.9. The quantitative estimate of drug-likeness (QED) is 0.771. The molecule has 0 N–H and O–H groups in total. The summed E-state index contributed by atoms with van der Waals surface area (Å²) in [6.45, 7) is 0. The van der Waals surface area contributed by atoms with Gasteiger partial charge in [0.25, 0.3) is 0 Å². The maximum Gasteiger partial charge on any atom is 0.0431 e. The van der Waals surface area contributed by atoms with E-state index in [-0.39, 0.29) is 0 Å².